The van der Waals surface area contributed by atoms with Crippen molar-refractivity contribution in [2.45, 2.75) is 127 Å². The van der Waals surface area contributed by atoms with Crippen molar-refractivity contribution in [2.75, 3.05) is 0 Å². The van der Waals surface area contributed by atoms with Gasteiger partial charge < -0.3 is 15.9 Å². The van der Waals surface area contributed by atoms with Crippen molar-refractivity contribution < 1.29 is 28.0 Å². The normalized spacial score (nSPS) is 12.5. The van der Waals surface area contributed by atoms with Crippen LogP contribution in [-0.2, 0) is 14.9 Å². The first-order chi connectivity index (χ1) is 17.1. The molecule has 0 spiro atoms. The average molecular weight is 528 g/mol. The van der Waals surface area contributed by atoms with Crippen LogP contribution in [0.1, 0.15) is 109 Å². The van der Waals surface area contributed by atoms with Crippen LogP contribution in [-0.4, -0.2) is 41.3 Å². The fraction of sp³-hybridized carbons (Fsp3) is 0.679. The van der Waals surface area contributed by atoms with Crippen LogP contribution in [0.4, 0.5) is 0 Å². The van der Waals surface area contributed by atoms with Gasteiger partial charge in [-0.25, -0.2) is 0 Å². The van der Waals surface area contributed by atoms with Crippen molar-refractivity contribution >= 4 is 15.9 Å². The van der Waals surface area contributed by atoms with E-state index in [-0.39, 0.29) is 17.1 Å². The third-order valence-corrected chi connectivity index (χ3v) is 6.75. The van der Waals surface area contributed by atoms with E-state index in [2.05, 4.69) is 19.1 Å². The predicted octanol–water partition coefficient (Wildman–Crippen LogP) is 5.86. The zero-order chi connectivity index (χ0) is 27.2. The summed E-state index contributed by atoms with van der Waals surface area (Å²) in [5.41, 5.74) is 6.40. The monoisotopic (exact) mass is 527 g/mol. The zero-order valence-corrected chi connectivity index (χ0v) is 23.1. The van der Waals surface area contributed by atoms with Crippen molar-refractivity contribution in [1.29, 1.82) is 0 Å². The van der Waals surface area contributed by atoms with Gasteiger partial charge in [-0.1, -0.05) is 88.1 Å². The molecule has 1 aromatic rings. The molecular formula is C28H49NO6S. The zero-order valence-electron chi connectivity index (χ0n) is 22.3. The van der Waals surface area contributed by atoms with Crippen LogP contribution in [0.5, 0.6) is 0 Å². The van der Waals surface area contributed by atoms with Crippen LogP contribution in [0, 0.1) is 6.92 Å². The molecule has 0 saturated carbocycles. The Morgan fingerprint density at radius 1 is 0.861 bits per heavy atom. The highest BCUT2D eigenvalue weighted by molar-refractivity contribution is 7.85. The van der Waals surface area contributed by atoms with Crippen LogP contribution in [0.2, 0.25) is 0 Å². The van der Waals surface area contributed by atoms with Gasteiger partial charge in [0.25, 0.3) is 10.1 Å². The molecular weight excluding hydrogens is 478 g/mol. The first-order valence-corrected chi connectivity index (χ1v) is 14.8. The summed E-state index contributed by atoms with van der Waals surface area (Å²) < 4.78 is 29.6. The van der Waals surface area contributed by atoms with E-state index in [1.54, 1.807) is 12.1 Å². The van der Waals surface area contributed by atoms with E-state index < -0.39 is 22.4 Å². The molecule has 0 aliphatic heterocycles. The number of nitrogens with two attached hydrogens (primary N) is 1. The molecule has 7 nitrogen and oxygen atoms in total. The number of aliphatic hydroxyl groups excluding tert-OH is 1. The Balaban J connectivity index is 0.000000918. The van der Waals surface area contributed by atoms with Gasteiger partial charge in [0.1, 0.15) is 5.78 Å². The Labute approximate surface area is 218 Å². The Bertz CT molecular complexity index is 806. The van der Waals surface area contributed by atoms with Crippen LogP contribution >= 0.6 is 0 Å². The molecule has 0 heterocycles. The number of Topliss-reactive ketones (excluding diaryl/α,β-unsaturated/α-hetero) is 1. The lowest BCUT2D eigenvalue weighted by Gasteiger charge is -2.12. The highest BCUT2D eigenvalue weighted by Gasteiger charge is 2.15. The summed E-state index contributed by atoms with van der Waals surface area (Å²) >= 11 is 0. The minimum atomic E-state index is -4.02. The van der Waals surface area contributed by atoms with Gasteiger partial charge in [0.05, 0.1) is 10.9 Å². The molecule has 0 saturated heterocycles. The Hall–Kier alpha value is -1.58. The number of carbonyl (C=O) groups excluding carboxylic acids is 1. The Kier molecular flexibility index (Phi) is 20.6. The SMILES string of the molecule is CCCCCCCCC=CCCCCCCCC(=O)CC(N)C(O)O.Cc1ccc(S(=O)(=O)O)cc1. The van der Waals surface area contributed by atoms with E-state index in [0.717, 1.165) is 31.2 Å². The van der Waals surface area contributed by atoms with Gasteiger partial charge in [0, 0.05) is 12.8 Å². The smallest absolute Gasteiger partial charge is 0.294 e. The number of rotatable bonds is 19. The van der Waals surface area contributed by atoms with Crippen molar-refractivity contribution in [1.82, 2.24) is 0 Å². The van der Waals surface area contributed by atoms with Crippen LogP contribution < -0.4 is 5.73 Å². The molecule has 0 amide bonds. The van der Waals surface area contributed by atoms with Gasteiger partial charge in [0.15, 0.2) is 6.29 Å². The molecule has 1 aromatic carbocycles. The lowest BCUT2D eigenvalue weighted by atomic mass is 10.0. The number of carbonyl (C=O) groups is 1. The fourth-order valence-corrected chi connectivity index (χ4v) is 4.05. The Morgan fingerprint density at radius 2 is 1.33 bits per heavy atom. The second kappa shape index (κ2) is 21.5. The molecule has 0 aliphatic rings. The van der Waals surface area contributed by atoms with Gasteiger partial charge in [-0.2, -0.15) is 8.42 Å². The number of allylic oxidation sites excluding steroid dienone is 2. The van der Waals surface area contributed by atoms with E-state index in [1.807, 2.05) is 6.92 Å². The molecule has 8 heteroatoms. The molecule has 0 fully saturated rings. The van der Waals surface area contributed by atoms with Crippen LogP contribution in [0.25, 0.3) is 0 Å². The van der Waals surface area contributed by atoms with Crippen LogP contribution in [0.15, 0.2) is 41.3 Å². The third kappa shape index (κ3) is 20.6. The Morgan fingerprint density at radius 3 is 1.81 bits per heavy atom. The maximum absolute atomic E-state index is 11.6. The molecule has 5 N–H and O–H groups in total. The first-order valence-electron chi connectivity index (χ1n) is 13.4. The van der Waals surface area contributed by atoms with Gasteiger partial charge in [-0.05, 0) is 51.2 Å². The summed E-state index contributed by atoms with van der Waals surface area (Å²) in [5, 5.41) is 17.7. The number of unbranched alkanes of at least 4 members (excludes halogenated alkanes) is 11. The predicted molar refractivity (Wildman–Crippen MR) is 146 cm³/mol. The van der Waals surface area contributed by atoms with Gasteiger partial charge in [-0.3, -0.25) is 9.35 Å². The highest BCUT2D eigenvalue weighted by Crippen LogP contribution is 2.11. The van der Waals surface area contributed by atoms with E-state index in [4.69, 9.17) is 20.5 Å². The molecule has 208 valence electrons. The molecule has 0 aromatic heterocycles. The lowest BCUT2D eigenvalue weighted by Crippen LogP contribution is -2.36. The maximum Gasteiger partial charge on any atom is 0.294 e. The number of hydrogen-bond donors (Lipinski definition) is 4. The van der Waals surface area contributed by atoms with Gasteiger partial charge >= 0.3 is 0 Å². The number of benzene rings is 1. The highest BCUT2D eigenvalue weighted by atomic mass is 32.2. The quantitative estimate of drug-likeness (QED) is 0.0764. The molecule has 0 radical (unpaired) electrons. The summed E-state index contributed by atoms with van der Waals surface area (Å²) in [5.74, 6) is 0.0261. The largest absolute Gasteiger partial charge is 0.367 e. The van der Waals surface area contributed by atoms with E-state index in [9.17, 15) is 13.2 Å². The third-order valence-electron chi connectivity index (χ3n) is 5.88. The molecule has 0 aliphatic carbocycles. The molecule has 1 rings (SSSR count). The summed E-state index contributed by atoms with van der Waals surface area (Å²) in [6, 6.07) is 5.14. The first kappa shape index (κ1) is 34.4. The summed E-state index contributed by atoms with van der Waals surface area (Å²) in [7, 11) is -4.02. The van der Waals surface area contributed by atoms with E-state index in [1.165, 1.54) is 69.9 Å². The number of aryl methyl sites for hydroxylation is 1. The molecule has 0 bridgehead atoms. The van der Waals surface area contributed by atoms with Crippen molar-refractivity contribution in [2.24, 2.45) is 5.73 Å². The molecule has 1 unspecified atom stereocenters. The standard InChI is InChI=1S/C21H41NO3.C7H8O3S/c1-2-3-4-5-6-7-8-9-10-11-12-13-14-15-16-17-19(23)18-20(22)21(24)25;1-6-2-4-7(5-3-6)11(8,9)10/h9-10,20-21,24-25H,2-8,11-18,22H2,1H3;2-5H,1H3,(H,8,9,10). The van der Waals surface area contributed by atoms with E-state index >= 15 is 0 Å². The van der Waals surface area contributed by atoms with Crippen LogP contribution in [0.3, 0.4) is 0 Å². The summed E-state index contributed by atoms with van der Waals surface area (Å²) in [6.45, 7) is 4.09. The fourth-order valence-electron chi connectivity index (χ4n) is 3.57. The molecule has 36 heavy (non-hydrogen) atoms. The van der Waals surface area contributed by atoms with Crippen molar-refractivity contribution in [3.8, 4) is 0 Å². The summed E-state index contributed by atoms with van der Waals surface area (Å²) in [4.78, 5) is 11.5. The number of hydrogen-bond acceptors (Lipinski definition) is 6. The lowest BCUT2D eigenvalue weighted by molar-refractivity contribution is -0.123. The second-order valence-electron chi connectivity index (χ2n) is 9.44. The van der Waals surface area contributed by atoms with Gasteiger partial charge in [-0.15, -0.1) is 0 Å². The minimum absolute atomic E-state index is 0.0261. The topological polar surface area (TPSA) is 138 Å². The number of aliphatic hydroxyl groups is 2. The minimum Gasteiger partial charge on any atom is -0.367 e. The van der Waals surface area contributed by atoms with Crippen molar-refractivity contribution in [3.05, 3.63) is 42.0 Å². The second-order valence-corrected chi connectivity index (χ2v) is 10.9. The van der Waals surface area contributed by atoms with Gasteiger partial charge in [0.2, 0.25) is 0 Å². The van der Waals surface area contributed by atoms with Crippen molar-refractivity contribution in [3.63, 3.8) is 0 Å². The maximum atomic E-state index is 11.6. The molecule has 1 atom stereocenters. The summed E-state index contributed by atoms with van der Waals surface area (Å²) in [6.07, 6.45) is 19.7. The average Bonchev–Trinajstić information content (AvgIpc) is 2.81. The van der Waals surface area contributed by atoms with E-state index in [0.29, 0.717) is 6.42 Å². The number of ketones is 1.